The van der Waals surface area contributed by atoms with Crippen LogP contribution in [-0.4, -0.2) is 25.7 Å². The molecule has 1 aliphatic rings. The molecule has 0 aliphatic carbocycles. The monoisotopic (exact) mass is 178 g/mol. The zero-order chi connectivity index (χ0) is 8.32. The predicted octanol–water partition coefficient (Wildman–Crippen LogP) is 2.32. The van der Waals surface area contributed by atoms with E-state index >= 15 is 0 Å². The van der Waals surface area contributed by atoms with Crippen LogP contribution in [0.3, 0.4) is 0 Å². The lowest BCUT2D eigenvalue weighted by molar-refractivity contribution is 0.407. The number of hydrogen-bond donors (Lipinski definition) is 2. The Hall–Kier alpha value is 0.230. The summed E-state index contributed by atoms with van der Waals surface area (Å²) in [6.07, 6.45) is 2.91. The van der Waals surface area contributed by atoms with Crippen molar-refractivity contribution in [2.45, 2.75) is 26.2 Å². The average Bonchev–Trinajstić information content (AvgIpc) is 2.25. The first-order valence-electron chi connectivity index (χ1n) is 4.03. The van der Waals surface area contributed by atoms with Crippen LogP contribution in [0.15, 0.2) is 0 Å². The van der Waals surface area contributed by atoms with Crippen LogP contribution in [0, 0.1) is 6.54 Å². The van der Waals surface area contributed by atoms with E-state index in [4.69, 9.17) is 0 Å². The average molecular weight is 178 g/mol. The fourth-order valence-electron chi connectivity index (χ4n) is 1.16. The third-order valence-corrected chi connectivity index (χ3v) is 3.71. The molecule has 0 aromatic rings. The molecule has 67 valence electrons. The van der Waals surface area contributed by atoms with Crippen molar-refractivity contribution < 1.29 is 9.11 Å². The predicted molar refractivity (Wildman–Crippen MR) is 48.2 cm³/mol. The van der Waals surface area contributed by atoms with E-state index in [1.165, 1.54) is 0 Å². The maximum atomic E-state index is 9.41. The van der Waals surface area contributed by atoms with Crippen molar-refractivity contribution in [1.29, 1.82) is 0 Å². The van der Waals surface area contributed by atoms with E-state index in [0.29, 0.717) is 5.75 Å². The van der Waals surface area contributed by atoms with E-state index < -0.39 is 10.8 Å². The first kappa shape index (κ1) is 9.32. The molecule has 1 saturated heterocycles. The summed E-state index contributed by atoms with van der Waals surface area (Å²) in [4.78, 5) is 0. The van der Waals surface area contributed by atoms with Gasteiger partial charge in [0.15, 0.2) is 0 Å². The van der Waals surface area contributed by atoms with Crippen LogP contribution >= 0.6 is 10.8 Å². The Balaban J connectivity index is 2.32. The summed E-state index contributed by atoms with van der Waals surface area (Å²) in [5.41, 5.74) is 0. The van der Waals surface area contributed by atoms with Gasteiger partial charge >= 0.3 is 0 Å². The van der Waals surface area contributed by atoms with Gasteiger partial charge in [-0.3, -0.25) is 9.11 Å². The third-order valence-electron chi connectivity index (χ3n) is 1.79. The molecule has 1 heterocycles. The lowest BCUT2D eigenvalue weighted by atomic mass is 10.3. The maximum absolute atomic E-state index is 9.41. The van der Waals surface area contributed by atoms with E-state index in [1.54, 1.807) is 4.31 Å². The highest BCUT2D eigenvalue weighted by Gasteiger charge is 2.27. The minimum Gasteiger partial charge on any atom is -0.285 e. The highest BCUT2D eigenvalue weighted by molar-refractivity contribution is 8.22. The van der Waals surface area contributed by atoms with Gasteiger partial charge in [-0.25, -0.2) is 4.31 Å². The van der Waals surface area contributed by atoms with Crippen LogP contribution in [0.25, 0.3) is 0 Å². The van der Waals surface area contributed by atoms with E-state index in [2.05, 4.69) is 6.92 Å². The van der Waals surface area contributed by atoms with Crippen LogP contribution in [0.1, 0.15) is 26.2 Å². The molecule has 1 radical (unpaired) electrons. The minimum atomic E-state index is -2.38. The summed E-state index contributed by atoms with van der Waals surface area (Å²) in [6.45, 7) is 4.81. The molecule has 0 amide bonds. The standard InChI is InChI=1S/C7H16NO2S/c1-2-3-5-8-6-4-7-11(8,9)10/h5,9-10H,2-4,6-7H2,1H3. The van der Waals surface area contributed by atoms with E-state index in [0.717, 1.165) is 25.8 Å². The Bertz CT molecular complexity index is 130. The molecule has 4 heteroatoms. The summed E-state index contributed by atoms with van der Waals surface area (Å²) < 4.78 is 20.5. The fourth-order valence-corrected chi connectivity index (χ4v) is 2.68. The van der Waals surface area contributed by atoms with Gasteiger partial charge in [-0.15, -0.1) is 10.8 Å². The second kappa shape index (κ2) is 3.76. The Kier molecular flexibility index (Phi) is 3.18. The zero-order valence-corrected chi connectivity index (χ0v) is 7.68. The normalized spacial score (nSPS) is 27.2. The van der Waals surface area contributed by atoms with Gasteiger partial charge in [0.2, 0.25) is 0 Å². The van der Waals surface area contributed by atoms with Gasteiger partial charge in [-0.2, -0.15) is 0 Å². The first-order valence-corrected chi connectivity index (χ1v) is 5.70. The summed E-state index contributed by atoms with van der Waals surface area (Å²) >= 11 is 0. The van der Waals surface area contributed by atoms with Crippen LogP contribution in [0.4, 0.5) is 0 Å². The largest absolute Gasteiger partial charge is 0.285 e. The summed E-state index contributed by atoms with van der Waals surface area (Å²) in [5.74, 6) is 0.549. The summed E-state index contributed by atoms with van der Waals surface area (Å²) in [5, 5.41) is 0. The molecule has 0 atom stereocenters. The summed E-state index contributed by atoms with van der Waals surface area (Å²) in [7, 11) is -2.38. The van der Waals surface area contributed by atoms with Gasteiger partial charge in [0.05, 0.1) is 5.75 Å². The van der Waals surface area contributed by atoms with Gasteiger partial charge in [-0.1, -0.05) is 13.3 Å². The fraction of sp³-hybridized carbons (Fsp3) is 0.857. The van der Waals surface area contributed by atoms with Crippen LogP contribution in [0.2, 0.25) is 0 Å². The van der Waals surface area contributed by atoms with Crippen LogP contribution < -0.4 is 0 Å². The van der Waals surface area contributed by atoms with Crippen LogP contribution in [0.5, 0.6) is 0 Å². The highest BCUT2D eigenvalue weighted by Crippen LogP contribution is 2.49. The Morgan fingerprint density at radius 3 is 2.73 bits per heavy atom. The van der Waals surface area contributed by atoms with E-state index in [1.807, 2.05) is 6.54 Å². The molecule has 11 heavy (non-hydrogen) atoms. The smallest absolute Gasteiger partial charge is 0.0543 e. The molecule has 0 unspecified atom stereocenters. The van der Waals surface area contributed by atoms with Crippen LogP contribution in [-0.2, 0) is 0 Å². The molecule has 0 bridgehead atoms. The van der Waals surface area contributed by atoms with Gasteiger partial charge in [0.25, 0.3) is 0 Å². The number of rotatable bonds is 3. The maximum Gasteiger partial charge on any atom is 0.0543 e. The van der Waals surface area contributed by atoms with Gasteiger partial charge in [-0.05, 0) is 12.8 Å². The molecule has 2 N–H and O–H groups in total. The molecule has 3 nitrogen and oxygen atoms in total. The number of nitrogens with zero attached hydrogens (tertiary/aromatic N) is 1. The number of unbranched alkanes of at least 4 members (excludes halogenated alkanes) is 1. The SMILES string of the molecule is CCC[CH]N1CCCS1(O)O. The molecule has 1 aliphatic heterocycles. The molecular weight excluding hydrogens is 162 g/mol. The second-order valence-electron chi connectivity index (χ2n) is 2.80. The number of hydrogen-bond acceptors (Lipinski definition) is 3. The minimum absolute atomic E-state index is 0.549. The molecular formula is C7H16NO2S. The zero-order valence-electron chi connectivity index (χ0n) is 6.86. The van der Waals surface area contributed by atoms with Crippen molar-refractivity contribution in [3.63, 3.8) is 0 Å². The molecule has 1 rings (SSSR count). The van der Waals surface area contributed by atoms with Gasteiger partial charge in [0.1, 0.15) is 0 Å². The lowest BCUT2D eigenvalue weighted by Gasteiger charge is -2.36. The topological polar surface area (TPSA) is 43.7 Å². The molecule has 0 saturated carbocycles. The third kappa shape index (κ3) is 2.33. The molecule has 0 aromatic heterocycles. The van der Waals surface area contributed by atoms with Crippen molar-refractivity contribution in [3.8, 4) is 0 Å². The Labute approximate surface area is 69.9 Å². The Morgan fingerprint density at radius 1 is 1.55 bits per heavy atom. The first-order chi connectivity index (χ1) is 5.17. The van der Waals surface area contributed by atoms with E-state index in [9.17, 15) is 9.11 Å². The summed E-state index contributed by atoms with van der Waals surface area (Å²) in [6, 6.07) is 0. The quantitative estimate of drug-likeness (QED) is 0.697. The molecule has 0 spiro atoms. The lowest BCUT2D eigenvalue weighted by Crippen LogP contribution is -2.19. The van der Waals surface area contributed by atoms with E-state index in [-0.39, 0.29) is 0 Å². The Morgan fingerprint density at radius 2 is 2.27 bits per heavy atom. The van der Waals surface area contributed by atoms with Gasteiger partial charge < -0.3 is 0 Å². The van der Waals surface area contributed by atoms with Gasteiger partial charge in [0, 0.05) is 13.1 Å². The van der Waals surface area contributed by atoms with Crippen molar-refractivity contribution in [2.75, 3.05) is 12.3 Å². The van der Waals surface area contributed by atoms with Crippen molar-refractivity contribution >= 4 is 10.8 Å². The second-order valence-corrected chi connectivity index (χ2v) is 4.94. The highest BCUT2D eigenvalue weighted by atomic mass is 32.3. The molecule has 0 aromatic carbocycles. The van der Waals surface area contributed by atoms with Crippen molar-refractivity contribution in [3.05, 3.63) is 6.54 Å². The molecule has 1 fully saturated rings. The van der Waals surface area contributed by atoms with Crippen molar-refractivity contribution in [2.24, 2.45) is 0 Å². The van der Waals surface area contributed by atoms with Crippen molar-refractivity contribution in [1.82, 2.24) is 4.31 Å².